The van der Waals surface area contributed by atoms with E-state index in [9.17, 15) is 4.79 Å². The van der Waals surface area contributed by atoms with Crippen LogP contribution in [0.2, 0.25) is 5.02 Å². The van der Waals surface area contributed by atoms with Gasteiger partial charge < -0.3 is 19.4 Å². The van der Waals surface area contributed by atoms with Crippen LogP contribution < -0.4 is 10.2 Å². The molecule has 6 nitrogen and oxygen atoms in total. The van der Waals surface area contributed by atoms with Crippen LogP contribution in [-0.4, -0.2) is 42.7 Å². The summed E-state index contributed by atoms with van der Waals surface area (Å²) in [6.07, 6.45) is 1.84. The number of nitrogens with zero attached hydrogens (tertiary/aromatic N) is 2. The molecule has 0 spiro atoms. The Hall–Kier alpha value is -1.31. The number of oxazole rings is 1. The lowest BCUT2D eigenvalue weighted by Gasteiger charge is -2.37. The van der Waals surface area contributed by atoms with Crippen LogP contribution in [0.15, 0.2) is 21.0 Å². The molecule has 1 aromatic carbocycles. The minimum atomic E-state index is -0.479. The molecule has 1 fully saturated rings. The minimum Gasteiger partial charge on any atom is -0.464 e. The molecule has 8 heteroatoms. The van der Waals surface area contributed by atoms with Gasteiger partial charge in [0, 0.05) is 24.2 Å². The number of piperazine rings is 1. The highest BCUT2D eigenvalue weighted by molar-refractivity contribution is 9.10. The molecule has 0 bridgehead atoms. The zero-order valence-corrected chi connectivity index (χ0v) is 16.6. The molecule has 136 valence electrons. The highest BCUT2D eigenvalue weighted by Gasteiger charge is 2.38. The Morgan fingerprint density at radius 1 is 1.56 bits per heavy atom. The van der Waals surface area contributed by atoms with Crippen LogP contribution >= 0.6 is 27.5 Å². The molecule has 0 saturated carbocycles. The molecule has 2 unspecified atom stereocenters. The van der Waals surface area contributed by atoms with Crippen LogP contribution in [0.5, 0.6) is 0 Å². The van der Waals surface area contributed by atoms with Gasteiger partial charge in [-0.15, -0.1) is 0 Å². The van der Waals surface area contributed by atoms with E-state index in [1.54, 1.807) is 12.1 Å². The molecule has 0 radical (unpaired) electrons. The van der Waals surface area contributed by atoms with Crippen molar-refractivity contribution < 1.29 is 13.9 Å². The summed E-state index contributed by atoms with van der Waals surface area (Å²) in [6, 6.07) is 3.37. The summed E-state index contributed by atoms with van der Waals surface area (Å²) in [6.45, 7) is 5.80. The van der Waals surface area contributed by atoms with E-state index in [1.807, 2.05) is 11.8 Å². The largest absolute Gasteiger partial charge is 0.464 e. The number of carbonyl (C=O) groups excluding carboxylic acids is 1. The monoisotopic (exact) mass is 429 g/mol. The molecule has 2 aromatic rings. The molecule has 1 aliphatic rings. The third-order valence-electron chi connectivity index (χ3n) is 4.26. The molecule has 3 rings (SSSR count). The second-order valence-corrected chi connectivity index (χ2v) is 7.43. The molecule has 1 aliphatic heterocycles. The number of ether oxygens (including phenoxy) is 1. The Morgan fingerprint density at radius 2 is 2.36 bits per heavy atom. The van der Waals surface area contributed by atoms with E-state index in [0.717, 1.165) is 23.9 Å². The highest BCUT2D eigenvalue weighted by Crippen LogP contribution is 2.32. The lowest BCUT2D eigenvalue weighted by Crippen LogP contribution is -2.60. The van der Waals surface area contributed by atoms with Gasteiger partial charge in [0.15, 0.2) is 5.58 Å². The van der Waals surface area contributed by atoms with Crippen LogP contribution in [0.4, 0.5) is 6.01 Å². The van der Waals surface area contributed by atoms with E-state index in [4.69, 9.17) is 20.8 Å². The number of benzene rings is 1. The Morgan fingerprint density at radius 3 is 3.12 bits per heavy atom. The predicted molar refractivity (Wildman–Crippen MR) is 101 cm³/mol. The first kappa shape index (κ1) is 18.5. The molecule has 25 heavy (non-hydrogen) atoms. The van der Waals surface area contributed by atoms with Crippen LogP contribution in [-0.2, 0) is 9.53 Å². The summed E-state index contributed by atoms with van der Waals surface area (Å²) in [5, 5.41) is 3.89. The topological polar surface area (TPSA) is 67.6 Å². The third-order valence-corrected chi connectivity index (χ3v) is 5.06. The van der Waals surface area contributed by atoms with Crippen molar-refractivity contribution in [2.45, 2.75) is 38.8 Å². The Labute approximate surface area is 160 Å². The second-order valence-electron chi connectivity index (χ2n) is 6.13. The fourth-order valence-electron chi connectivity index (χ4n) is 2.95. The smallest absolute Gasteiger partial charge is 0.330 e. The number of anilines is 1. The van der Waals surface area contributed by atoms with E-state index in [-0.39, 0.29) is 12.0 Å². The number of esters is 1. The van der Waals surface area contributed by atoms with E-state index in [0.29, 0.717) is 35.3 Å². The van der Waals surface area contributed by atoms with Gasteiger partial charge in [0.2, 0.25) is 0 Å². The zero-order valence-electron chi connectivity index (χ0n) is 14.2. The molecule has 2 heterocycles. The number of halogens is 2. The summed E-state index contributed by atoms with van der Waals surface area (Å²) in [5.74, 6) is -0.257. The number of carbonyl (C=O) groups is 1. The number of hydrogen-bond acceptors (Lipinski definition) is 6. The summed E-state index contributed by atoms with van der Waals surface area (Å²) < 4.78 is 12.1. The van der Waals surface area contributed by atoms with Gasteiger partial charge in [-0.25, -0.2) is 4.79 Å². The van der Waals surface area contributed by atoms with Gasteiger partial charge in [0.25, 0.3) is 6.01 Å². The van der Waals surface area contributed by atoms with Crippen molar-refractivity contribution in [1.29, 1.82) is 0 Å². The van der Waals surface area contributed by atoms with E-state index >= 15 is 0 Å². The van der Waals surface area contributed by atoms with Crippen LogP contribution in [0.25, 0.3) is 11.1 Å². The average molecular weight is 431 g/mol. The first-order chi connectivity index (χ1) is 12.0. The molecule has 1 N–H and O–H groups in total. The zero-order chi connectivity index (χ0) is 18.0. The Bertz CT molecular complexity index is 767. The van der Waals surface area contributed by atoms with E-state index in [2.05, 4.69) is 33.2 Å². The van der Waals surface area contributed by atoms with E-state index < -0.39 is 6.04 Å². The Balaban J connectivity index is 1.90. The third kappa shape index (κ3) is 3.93. The molecule has 1 aromatic heterocycles. The SMILES string of the molecule is CCCCOC(=O)C1C(C)NCCN1c1nc2cc(Cl)cc(Br)c2o1. The van der Waals surface area contributed by atoms with Crippen molar-refractivity contribution in [2.24, 2.45) is 0 Å². The number of aromatic nitrogens is 1. The minimum absolute atomic E-state index is 0.0649. The summed E-state index contributed by atoms with van der Waals surface area (Å²) in [5.41, 5.74) is 1.27. The van der Waals surface area contributed by atoms with Crippen molar-refractivity contribution >= 4 is 50.6 Å². The fraction of sp³-hybridized carbons (Fsp3) is 0.529. The molecule has 1 saturated heterocycles. The van der Waals surface area contributed by atoms with Gasteiger partial charge in [-0.05, 0) is 41.4 Å². The van der Waals surface area contributed by atoms with Crippen LogP contribution in [0, 0.1) is 0 Å². The van der Waals surface area contributed by atoms with Gasteiger partial charge in [-0.2, -0.15) is 4.98 Å². The van der Waals surface area contributed by atoms with Crippen molar-refractivity contribution in [3.8, 4) is 0 Å². The molecule has 0 amide bonds. The average Bonchev–Trinajstić information content (AvgIpc) is 2.99. The number of unbranched alkanes of at least 4 members (excludes halogenated alkanes) is 1. The molecule has 2 atom stereocenters. The van der Waals surface area contributed by atoms with Crippen molar-refractivity contribution in [2.75, 3.05) is 24.6 Å². The normalized spacial score (nSPS) is 20.9. The second kappa shape index (κ2) is 7.93. The lowest BCUT2D eigenvalue weighted by molar-refractivity contribution is -0.146. The fourth-order valence-corrected chi connectivity index (χ4v) is 3.83. The standard InChI is InChI=1S/C17H21BrClN3O3/c1-3-4-7-24-16(23)14-10(2)20-5-6-22(14)17-21-13-9-11(19)8-12(18)15(13)25-17/h8-10,14,20H,3-7H2,1-2H3. The van der Waals surface area contributed by atoms with Crippen LogP contribution in [0.1, 0.15) is 26.7 Å². The van der Waals surface area contributed by atoms with Gasteiger partial charge >= 0.3 is 5.97 Å². The highest BCUT2D eigenvalue weighted by atomic mass is 79.9. The van der Waals surface area contributed by atoms with Gasteiger partial charge in [0.05, 0.1) is 11.1 Å². The van der Waals surface area contributed by atoms with Crippen LogP contribution in [0.3, 0.4) is 0 Å². The molecule has 0 aliphatic carbocycles. The Kier molecular flexibility index (Phi) is 5.86. The van der Waals surface area contributed by atoms with Gasteiger partial charge in [-0.3, -0.25) is 0 Å². The predicted octanol–water partition coefficient (Wildman–Crippen LogP) is 3.75. The first-order valence-corrected chi connectivity index (χ1v) is 9.60. The van der Waals surface area contributed by atoms with E-state index in [1.165, 1.54) is 0 Å². The lowest BCUT2D eigenvalue weighted by atomic mass is 10.1. The summed E-state index contributed by atoms with van der Waals surface area (Å²) in [4.78, 5) is 19.0. The van der Waals surface area contributed by atoms with Crippen molar-refractivity contribution in [3.63, 3.8) is 0 Å². The number of fused-ring (bicyclic) bond motifs is 1. The quantitative estimate of drug-likeness (QED) is 0.575. The van der Waals surface area contributed by atoms with Crippen molar-refractivity contribution in [1.82, 2.24) is 10.3 Å². The summed E-state index contributed by atoms with van der Waals surface area (Å²) in [7, 11) is 0. The number of hydrogen-bond donors (Lipinski definition) is 1. The maximum atomic E-state index is 12.6. The molecular weight excluding hydrogens is 410 g/mol. The maximum absolute atomic E-state index is 12.6. The number of rotatable bonds is 5. The van der Waals surface area contributed by atoms with Gasteiger partial charge in [-0.1, -0.05) is 24.9 Å². The van der Waals surface area contributed by atoms with Crippen molar-refractivity contribution in [3.05, 3.63) is 21.6 Å². The number of nitrogens with one attached hydrogen (secondary N) is 1. The van der Waals surface area contributed by atoms with Gasteiger partial charge in [0.1, 0.15) is 11.6 Å². The maximum Gasteiger partial charge on any atom is 0.330 e. The summed E-state index contributed by atoms with van der Waals surface area (Å²) >= 11 is 9.53. The first-order valence-electron chi connectivity index (χ1n) is 8.43. The molecular formula is C17H21BrClN3O3.